The molecule has 3 aromatic rings. The molecule has 0 saturated heterocycles. The average molecular weight is 448 g/mol. The molecule has 0 spiro atoms. The Balaban J connectivity index is 2.00. The predicted molar refractivity (Wildman–Crippen MR) is 127 cm³/mol. The van der Waals surface area contributed by atoms with Gasteiger partial charge in [0.05, 0.1) is 19.9 Å². The first-order valence-corrected chi connectivity index (χ1v) is 9.97. The molecule has 0 radical (unpaired) electrons. The number of anilines is 1. The second-order valence-electron chi connectivity index (χ2n) is 6.63. The Morgan fingerprint density at radius 1 is 0.875 bits per heavy atom. The highest BCUT2D eigenvalue weighted by Gasteiger charge is 2.17. The van der Waals surface area contributed by atoms with Crippen LogP contribution in [-0.2, 0) is 4.74 Å². The van der Waals surface area contributed by atoms with Gasteiger partial charge in [0, 0.05) is 27.9 Å². The first kappa shape index (κ1) is 22.6. The number of methoxy groups -OCH3 is 2. The first-order chi connectivity index (χ1) is 15.4. The smallest absolute Gasteiger partial charge is 0.413 e. The Labute approximate surface area is 190 Å². The van der Waals surface area contributed by atoms with E-state index in [2.05, 4.69) is 15.4 Å². The largest absolute Gasteiger partial charge is 0.497 e. The molecule has 3 aromatic carbocycles. The Morgan fingerprint density at radius 2 is 1.53 bits per heavy atom. The van der Waals surface area contributed by atoms with Crippen LogP contribution in [-0.4, -0.2) is 36.9 Å². The number of amides is 1. The monoisotopic (exact) mass is 447 g/mol. The molecule has 32 heavy (non-hydrogen) atoms. The molecule has 0 aliphatic carbocycles. The number of nitrogens with one attached hydrogen (secondary N) is 3. The molecule has 7 nitrogen and oxygen atoms in total. The van der Waals surface area contributed by atoms with Gasteiger partial charge in [0.25, 0.3) is 0 Å². The lowest BCUT2D eigenvalue weighted by atomic mass is 9.95. The lowest BCUT2D eigenvalue weighted by Crippen LogP contribution is -2.34. The van der Waals surface area contributed by atoms with Crippen molar-refractivity contribution in [1.82, 2.24) is 5.32 Å². The summed E-state index contributed by atoms with van der Waals surface area (Å²) in [6, 6.07) is 20.8. The highest BCUT2D eigenvalue weighted by atomic mass is 32.1. The number of ketones is 1. The van der Waals surface area contributed by atoms with E-state index >= 15 is 0 Å². The zero-order valence-corrected chi connectivity index (χ0v) is 18.3. The van der Waals surface area contributed by atoms with Gasteiger partial charge >= 0.3 is 6.09 Å². The van der Waals surface area contributed by atoms with Crippen molar-refractivity contribution in [3.63, 3.8) is 0 Å². The van der Waals surface area contributed by atoms with E-state index in [1.165, 1.54) is 7.11 Å². The van der Waals surface area contributed by atoms with Crippen molar-refractivity contribution in [3.05, 3.63) is 95.1 Å². The summed E-state index contributed by atoms with van der Waals surface area (Å²) < 4.78 is 9.73. The Hall–Kier alpha value is -4.04. The molecule has 0 heterocycles. The molecule has 0 atom stereocenters. The lowest BCUT2D eigenvalue weighted by Gasteiger charge is -2.16. The molecular weight excluding hydrogens is 426 g/mol. The Morgan fingerprint density at radius 3 is 2.16 bits per heavy atom. The minimum Gasteiger partial charge on any atom is -0.497 e. The van der Waals surface area contributed by atoms with Gasteiger partial charge in [-0.2, -0.15) is 0 Å². The molecule has 3 rings (SSSR count). The standard InChI is InChI=1S/C24H21N3O4S/c1-30-18-11-8-15(9-12-18)21(25)19-14-17(22(28)16-6-4-3-5-7-16)10-13-20(19)26-23(32)27-24(29)31-2/h3-14,25H,1-2H3,(H2,26,27,29,32). The van der Waals surface area contributed by atoms with Crippen LogP contribution in [0.3, 0.4) is 0 Å². The number of rotatable bonds is 6. The van der Waals surface area contributed by atoms with Crippen LogP contribution >= 0.6 is 12.2 Å². The molecule has 0 aromatic heterocycles. The maximum atomic E-state index is 13.0. The van der Waals surface area contributed by atoms with E-state index in [0.717, 1.165) is 0 Å². The summed E-state index contributed by atoms with van der Waals surface area (Å²) in [5, 5.41) is 14.0. The van der Waals surface area contributed by atoms with Gasteiger partial charge in [-0.15, -0.1) is 0 Å². The normalized spacial score (nSPS) is 10.1. The van der Waals surface area contributed by atoms with Crippen molar-refractivity contribution in [1.29, 1.82) is 5.41 Å². The third kappa shape index (κ3) is 5.35. The van der Waals surface area contributed by atoms with Gasteiger partial charge < -0.3 is 14.8 Å². The highest BCUT2D eigenvalue weighted by molar-refractivity contribution is 7.80. The summed E-state index contributed by atoms with van der Waals surface area (Å²) in [5.74, 6) is 0.493. The van der Waals surface area contributed by atoms with Crippen molar-refractivity contribution in [2.75, 3.05) is 19.5 Å². The number of carbonyl (C=O) groups excluding carboxylic acids is 2. The fraction of sp³-hybridized carbons (Fsp3) is 0.0833. The zero-order valence-electron chi connectivity index (χ0n) is 17.5. The van der Waals surface area contributed by atoms with Crippen molar-refractivity contribution in [2.24, 2.45) is 0 Å². The summed E-state index contributed by atoms with van der Waals surface area (Å²) in [4.78, 5) is 24.4. The van der Waals surface area contributed by atoms with Gasteiger partial charge in [0.1, 0.15) is 5.75 Å². The number of carbonyl (C=O) groups is 2. The maximum absolute atomic E-state index is 13.0. The number of hydrogen-bond acceptors (Lipinski definition) is 6. The van der Waals surface area contributed by atoms with E-state index in [1.807, 2.05) is 6.07 Å². The van der Waals surface area contributed by atoms with Gasteiger partial charge in [-0.3, -0.25) is 15.5 Å². The third-order valence-corrected chi connectivity index (χ3v) is 4.82. The number of benzene rings is 3. The molecule has 3 N–H and O–H groups in total. The van der Waals surface area contributed by atoms with Gasteiger partial charge in [0.2, 0.25) is 0 Å². The van der Waals surface area contributed by atoms with Crippen LogP contribution < -0.4 is 15.4 Å². The van der Waals surface area contributed by atoms with E-state index < -0.39 is 6.09 Å². The van der Waals surface area contributed by atoms with Crippen LogP contribution in [0, 0.1) is 5.41 Å². The van der Waals surface area contributed by atoms with E-state index in [9.17, 15) is 9.59 Å². The van der Waals surface area contributed by atoms with Crippen molar-refractivity contribution in [2.45, 2.75) is 0 Å². The summed E-state index contributed by atoms with van der Waals surface area (Å²) in [6.07, 6.45) is -0.717. The molecule has 0 aliphatic heterocycles. The summed E-state index contributed by atoms with van der Waals surface area (Å²) in [7, 11) is 2.79. The van der Waals surface area contributed by atoms with Crippen LogP contribution in [0.2, 0.25) is 0 Å². The van der Waals surface area contributed by atoms with E-state index in [4.69, 9.17) is 22.4 Å². The second-order valence-corrected chi connectivity index (χ2v) is 7.04. The second kappa shape index (κ2) is 10.3. The summed E-state index contributed by atoms with van der Waals surface area (Å²) in [6.45, 7) is 0. The predicted octanol–water partition coefficient (Wildman–Crippen LogP) is 4.40. The number of hydrogen-bond donors (Lipinski definition) is 3. The van der Waals surface area contributed by atoms with Gasteiger partial charge in [-0.05, 0) is 54.7 Å². The van der Waals surface area contributed by atoms with E-state index in [-0.39, 0.29) is 16.6 Å². The molecule has 0 unspecified atom stereocenters. The molecule has 1 amide bonds. The highest BCUT2D eigenvalue weighted by Crippen LogP contribution is 2.24. The minimum atomic E-state index is -0.717. The molecule has 0 bridgehead atoms. The topological polar surface area (TPSA) is 101 Å². The van der Waals surface area contributed by atoms with Crippen LogP contribution in [0.5, 0.6) is 5.75 Å². The van der Waals surface area contributed by atoms with E-state index in [0.29, 0.717) is 33.7 Å². The zero-order chi connectivity index (χ0) is 23.1. The first-order valence-electron chi connectivity index (χ1n) is 9.56. The number of thiocarbonyl (C=S) groups is 1. The Kier molecular flexibility index (Phi) is 7.30. The number of ether oxygens (including phenoxy) is 2. The van der Waals surface area contributed by atoms with Crippen LogP contribution in [0.4, 0.5) is 10.5 Å². The molecule has 162 valence electrons. The summed E-state index contributed by atoms with van der Waals surface area (Å²) >= 11 is 5.16. The minimum absolute atomic E-state index is 0.00256. The number of alkyl carbamates (subject to hydrolysis) is 1. The van der Waals surface area contributed by atoms with Gasteiger partial charge in [-0.1, -0.05) is 30.3 Å². The molecule has 0 aliphatic rings. The van der Waals surface area contributed by atoms with Gasteiger partial charge in [0.15, 0.2) is 10.9 Å². The quantitative estimate of drug-likeness (QED) is 0.294. The molecule has 8 heteroatoms. The SMILES string of the molecule is COC(=O)NC(=S)Nc1ccc(C(=O)c2ccccc2)cc1C(=N)c1ccc(OC)cc1. The van der Waals surface area contributed by atoms with Crippen molar-refractivity contribution >= 4 is 40.6 Å². The fourth-order valence-corrected chi connectivity index (χ4v) is 3.16. The molecule has 0 fully saturated rings. The van der Waals surface area contributed by atoms with E-state index in [1.54, 1.807) is 73.8 Å². The van der Waals surface area contributed by atoms with Crippen LogP contribution in [0.15, 0.2) is 72.8 Å². The molecular formula is C24H21N3O4S. The lowest BCUT2D eigenvalue weighted by molar-refractivity contribution is 0.103. The average Bonchev–Trinajstić information content (AvgIpc) is 2.83. The Bertz CT molecular complexity index is 1160. The van der Waals surface area contributed by atoms with Crippen molar-refractivity contribution < 1.29 is 19.1 Å². The van der Waals surface area contributed by atoms with Crippen LogP contribution in [0.1, 0.15) is 27.0 Å². The van der Waals surface area contributed by atoms with Crippen LogP contribution in [0.25, 0.3) is 0 Å². The molecule has 0 saturated carbocycles. The fourth-order valence-electron chi connectivity index (χ4n) is 2.97. The third-order valence-electron chi connectivity index (χ3n) is 4.61. The van der Waals surface area contributed by atoms with Gasteiger partial charge in [-0.25, -0.2) is 4.79 Å². The van der Waals surface area contributed by atoms with Crippen molar-refractivity contribution in [3.8, 4) is 5.75 Å². The maximum Gasteiger partial charge on any atom is 0.413 e. The summed E-state index contributed by atoms with van der Waals surface area (Å²) in [5.41, 5.74) is 2.63.